The van der Waals surface area contributed by atoms with Crippen molar-refractivity contribution >= 4 is 46.5 Å². The highest BCUT2D eigenvalue weighted by atomic mass is 16.5. The van der Waals surface area contributed by atoms with Crippen LogP contribution in [0.3, 0.4) is 0 Å². The first-order chi connectivity index (χ1) is 35.6. The van der Waals surface area contributed by atoms with Crippen LogP contribution < -0.4 is 16.2 Å². The third kappa shape index (κ3) is 7.93. The number of aliphatic hydroxyl groups is 5. The van der Waals surface area contributed by atoms with Crippen molar-refractivity contribution in [2.24, 2.45) is 41.1 Å². The Hall–Kier alpha value is -7.60. The van der Waals surface area contributed by atoms with Gasteiger partial charge in [-0.2, -0.15) is 0 Å². The second kappa shape index (κ2) is 18.7. The molecule has 2 amide bonds. The Balaban J connectivity index is 1.05. The molecule has 19 nitrogen and oxygen atoms in total. The zero-order valence-corrected chi connectivity index (χ0v) is 42.0. The van der Waals surface area contributed by atoms with E-state index in [0.29, 0.717) is 16.7 Å². The Bertz CT molecular complexity index is 3260. The van der Waals surface area contributed by atoms with Gasteiger partial charge in [0.15, 0.2) is 28.7 Å². The topological polar surface area (TPSA) is 298 Å². The summed E-state index contributed by atoms with van der Waals surface area (Å²) in [5.41, 5.74) is 10.1. The van der Waals surface area contributed by atoms with Crippen molar-refractivity contribution in [1.29, 1.82) is 0 Å². The first kappa shape index (κ1) is 50.9. The summed E-state index contributed by atoms with van der Waals surface area (Å²) in [6, 6.07) is 12.0. The summed E-state index contributed by atoms with van der Waals surface area (Å²) in [4.78, 5) is 89.3. The average molecular weight is 1020 g/mol. The molecule has 0 spiro atoms. The number of benzene rings is 3. The maximum Gasteiger partial charge on any atom is 0.255 e. The van der Waals surface area contributed by atoms with Gasteiger partial charge in [-0.05, 0) is 131 Å². The zero-order chi connectivity index (χ0) is 53.8. The Morgan fingerprint density at radius 1 is 0.733 bits per heavy atom. The molecule has 75 heavy (non-hydrogen) atoms. The molecular formula is C56H58N6O13. The first-order valence-electron chi connectivity index (χ1n) is 24.8. The van der Waals surface area contributed by atoms with Crippen molar-refractivity contribution in [2.75, 3.05) is 61.4 Å². The average Bonchev–Trinajstić information content (AvgIpc) is 3.36. The first-order valence-corrected chi connectivity index (χ1v) is 24.8. The molecule has 3 aromatic rings. The number of aliphatic hydroxyl groups excluding tert-OH is 4. The number of allylic oxidation sites excluding steroid dienone is 1. The summed E-state index contributed by atoms with van der Waals surface area (Å²) >= 11 is 0. The van der Waals surface area contributed by atoms with Crippen molar-refractivity contribution in [3.8, 4) is 34.7 Å². The number of aromatic hydroxyl groups is 1. The molecule has 0 bridgehead atoms. The van der Waals surface area contributed by atoms with Crippen LogP contribution >= 0.6 is 0 Å². The third-order valence-corrected chi connectivity index (χ3v) is 16.6. The molecule has 6 aliphatic carbocycles. The van der Waals surface area contributed by atoms with Crippen molar-refractivity contribution < 1.29 is 64.1 Å². The van der Waals surface area contributed by atoms with Gasteiger partial charge in [0, 0.05) is 55.4 Å². The standard InChI is InChI=1S/C56H58N6O13/c1-59(2)44-33-22-28-20-31-27(10-12-35(63)39(31)46(64)37(28)47(65)41(33)49(67)42(50(44)68)54(57)72)14-19-75-36-13-11-30(26-8-6-25(7-9-26)24-62-17-15-61(5)16-18-62)32-21-29-23-34-45(60(3)4)51(69)43(55(58)73)53(71)56(34,74)52(70)38(29)48(66)40(32)36/h6-13,28-29,33-34,41,44-45,63-64,66,68,71,74H,15-18,20-24H2,1-5H3,(H2,57,72)(H2,58,73)/t28-,29-,33+,34-,41?,44?,45-,56-/m1/s1. The number of ether oxygens (including phenoxy) is 1. The molecule has 3 fully saturated rings. The highest BCUT2D eigenvalue weighted by Gasteiger charge is 2.64. The molecule has 3 aromatic carbocycles. The lowest BCUT2D eigenvalue weighted by atomic mass is 9.57. The van der Waals surface area contributed by atoms with Gasteiger partial charge in [-0.1, -0.05) is 30.3 Å². The van der Waals surface area contributed by atoms with Crippen LogP contribution in [-0.4, -0.2) is 164 Å². The third-order valence-electron chi connectivity index (χ3n) is 16.6. The van der Waals surface area contributed by atoms with Crippen LogP contribution in [-0.2, 0) is 48.2 Å². The number of nitrogens with zero attached hydrogens (tertiary/aromatic N) is 4. The number of amides is 2. The number of Topliss-reactive ketones (excluding diaryl/α,β-unsaturated/α-hetero) is 4. The molecule has 10 N–H and O–H groups in total. The molecular weight excluding hydrogens is 965 g/mol. The van der Waals surface area contributed by atoms with Gasteiger partial charge in [0.25, 0.3) is 11.8 Å². The van der Waals surface area contributed by atoms with Crippen LogP contribution in [0.15, 0.2) is 82.3 Å². The van der Waals surface area contributed by atoms with Crippen molar-refractivity contribution in [2.45, 2.75) is 49.9 Å². The highest BCUT2D eigenvalue weighted by molar-refractivity contribution is 6.28. The van der Waals surface area contributed by atoms with Crippen LogP contribution in [0.25, 0.3) is 22.6 Å². The minimum Gasteiger partial charge on any atom is -0.510 e. The largest absolute Gasteiger partial charge is 0.510 e. The lowest BCUT2D eigenvalue weighted by Gasteiger charge is -2.50. The minimum atomic E-state index is -2.81. The minimum absolute atomic E-state index is 0.00218. The molecule has 2 saturated carbocycles. The van der Waals surface area contributed by atoms with Crippen LogP contribution in [0.2, 0.25) is 0 Å². The summed E-state index contributed by atoms with van der Waals surface area (Å²) in [6.45, 7) is 4.55. The van der Waals surface area contributed by atoms with E-state index in [9.17, 15) is 59.4 Å². The summed E-state index contributed by atoms with van der Waals surface area (Å²) in [7, 11) is 8.45. The lowest BCUT2D eigenvalue weighted by Crippen LogP contribution is -2.65. The van der Waals surface area contributed by atoms with E-state index in [0.717, 1.165) is 43.9 Å². The summed E-state index contributed by atoms with van der Waals surface area (Å²) in [6.07, 6.45) is 2.90. The molecule has 7 aliphatic rings. The summed E-state index contributed by atoms with van der Waals surface area (Å²) < 4.78 is 6.18. The maximum absolute atomic E-state index is 14.9. The molecule has 1 heterocycles. The smallest absolute Gasteiger partial charge is 0.255 e. The van der Waals surface area contributed by atoms with Gasteiger partial charge in [-0.25, -0.2) is 0 Å². The second-order valence-corrected chi connectivity index (χ2v) is 21.3. The highest BCUT2D eigenvalue weighted by Crippen LogP contribution is 2.55. The van der Waals surface area contributed by atoms with Gasteiger partial charge in [0.05, 0.1) is 29.1 Å². The van der Waals surface area contributed by atoms with E-state index in [2.05, 4.69) is 28.9 Å². The number of ketones is 4. The molecule has 390 valence electrons. The van der Waals surface area contributed by atoms with Crippen LogP contribution in [0, 0.1) is 41.6 Å². The molecule has 2 unspecified atom stereocenters. The van der Waals surface area contributed by atoms with E-state index in [-0.39, 0.29) is 65.0 Å². The number of phenolic OH excluding ortho intramolecular Hbond substituents is 1. The van der Waals surface area contributed by atoms with Crippen molar-refractivity contribution in [3.63, 3.8) is 0 Å². The van der Waals surface area contributed by atoms with Crippen LogP contribution in [0.5, 0.6) is 11.5 Å². The number of carbonyl (C=O) groups excluding carboxylic acids is 6. The number of fused-ring (bicyclic) bond motifs is 6. The molecule has 0 aromatic heterocycles. The lowest BCUT2D eigenvalue weighted by molar-refractivity contribution is -0.153. The van der Waals surface area contributed by atoms with E-state index in [1.807, 2.05) is 30.3 Å². The fraction of sp³-hybridized carbons (Fsp3) is 0.393. The summed E-state index contributed by atoms with van der Waals surface area (Å²) in [5, 5.41) is 70.4. The maximum atomic E-state index is 14.9. The van der Waals surface area contributed by atoms with Gasteiger partial charge >= 0.3 is 0 Å². The molecule has 19 heteroatoms. The predicted octanol–water partition coefficient (Wildman–Crippen LogP) is 2.22. The van der Waals surface area contributed by atoms with Crippen LogP contribution in [0.1, 0.15) is 46.2 Å². The van der Waals surface area contributed by atoms with Gasteiger partial charge in [0.1, 0.15) is 46.0 Å². The zero-order valence-electron chi connectivity index (χ0n) is 42.0. The van der Waals surface area contributed by atoms with E-state index < -0.39 is 116 Å². The van der Waals surface area contributed by atoms with Crippen molar-refractivity contribution in [3.05, 3.63) is 116 Å². The number of primary amides is 2. The van der Waals surface area contributed by atoms with Gasteiger partial charge in [-0.15, -0.1) is 0 Å². The van der Waals surface area contributed by atoms with E-state index in [1.165, 1.54) is 17.0 Å². The number of hydrogen-bond acceptors (Lipinski definition) is 17. The fourth-order valence-electron chi connectivity index (χ4n) is 13.2. The second-order valence-electron chi connectivity index (χ2n) is 21.3. The number of hydrogen-bond donors (Lipinski definition) is 8. The molecule has 10 rings (SSSR count). The molecule has 1 saturated heterocycles. The molecule has 1 aliphatic heterocycles. The van der Waals surface area contributed by atoms with Gasteiger partial charge in [0.2, 0.25) is 5.78 Å². The van der Waals surface area contributed by atoms with E-state index >= 15 is 0 Å². The predicted molar refractivity (Wildman–Crippen MR) is 271 cm³/mol. The van der Waals surface area contributed by atoms with Crippen molar-refractivity contribution in [1.82, 2.24) is 19.6 Å². The Labute approximate surface area is 431 Å². The fourth-order valence-corrected chi connectivity index (χ4v) is 13.2. The number of phenols is 1. The Kier molecular flexibility index (Phi) is 12.7. The van der Waals surface area contributed by atoms with E-state index in [1.54, 1.807) is 39.2 Å². The Morgan fingerprint density at radius 3 is 2.00 bits per heavy atom. The molecule has 8 atom stereocenters. The quantitative estimate of drug-likeness (QED) is 0.0912. The Morgan fingerprint density at radius 2 is 1.36 bits per heavy atom. The molecule has 0 radical (unpaired) electrons. The van der Waals surface area contributed by atoms with E-state index in [4.69, 9.17) is 16.2 Å². The normalized spacial score (nSPS) is 27.8. The SMILES string of the molecule is CN1CCN(Cc2ccc(-c3ccc(OC#Cc4ccc(O)c5c4C[C@@H]4C[C@H]6C(C(=O)C(C(N)=O)=C(O)C6N(C)C)C(=O)C4=C5O)c4c3C[C@@H]3C[C@@H]5[C@@H](N(C)C)C(=O)C(C(N)=O)=C(O)[C@]5(O)C(=O)C3=C4O)cc2)CC1. The number of rotatable bonds is 8. The number of carbonyl (C=O) groups is 6. The number of piperazine rings is 1. The van der Waals surface area contributed by atoms with Crippen LogP contribution in [0.4, 0.5) is 0 Å². The summed E-state index contributed by atoms with van der Waals surface area (Å²) in [5.74, 6) is -11.4. The monoisotopic (exact) mass is 1020 g/mol. The van der Waals surface area contributed by atoms with Gasteiger partial charge in [-0.3, -0.25) is 43.5 Å². The van der Waals surface area contributed by atoms with Gasteiger partial charge < -0.3 is 51.7 Å². The number of likely N-dealkylation sites (N-methyl/N-ethyl adjacent to an activating group) is 3. The number of nitrogens with two attached hydrogens (primary N) is 2.